The monoisotopic (exact) mass is 292 g/mol. The van der Waals surface area contributed by atoms with Crippen molar-refractivity contribution in [3.8, 4) is 0 Å². The molecule has 0 saturated heterocycles. The predicted molar refractivity (Wildman–Crippen MR) is 95.6 cm³/mol. The molecule has 0 aromatic heterocycles. The minimum atomic E-state index is 0.816. The van der Waals surface area contributed by atoms with Gasteiger partial charge in [-0.15, -0.1) is 0 Å². The number of benzene rings is 2. The van der Waals surface area contributed by atoms with Gasteiger partial charge in [-0.25, -0.2) is 0 Å². The summed E-state index contributed by atoms with van der Waals surface area (Å²) in [6.45, 7) is 0. The summed E-state index contributed by atoms with van der Waals surface area (Å²) in [7, 11) is 0. The van der Waals surface area contributed by atoms with Crippen LogP contribution in [0.5, 0.6) is 0 Å². The normalized spacial score (nSPS) is 21.3. The molecular formula is C22H28. The number of fused-ring (bicyclic) bond motifs is 1. The molecule has 0 amide bonds. The lowest BCUT2D eigenvalue weighted by Gasteiger charge is -2.31. The van der Waals surface area contributed by atoms with Crippen LogP contribution in [0.3, 0.4) is 0 Å². The van der Waals surface area contributed by atoms with Crippen molar-refractivity contribution < 1.29 is 0 Å². The van der Waals surface area contributed by atoms with Crippen molar-refractivity contribution in [2.24, 2.45) is 0 Å². The first-order valence-electron chi connectivity index (χ1n) is 9.45. The SMILES string of the molecule is c1ccc2c(C3CCCCC3)c(C3CCCCC3)ccc2c1. The highest BCUT2D eigenvalue weighted by Gasteiger charge is 2.25. The lowest BCUT2D eigenvalue weighted by molar-refractivity contribution is 0.420. The van der Waals surface area contributed by atoms with Crippen molar-refractivity contribution in [3.63, 3.8) is 0 Å². The van der Waals surface area contributed by atoms with E-state index in [0.29, 0.717) is 0 Å². The average molecular weight is 292 g/mol. The van der Waals surface area contributed by atoms with Gasteiger partial charge in [0.25, 0.3) is 0 Å². The van der Waals surface area contributed by atoms with Gasteiger partial charge in [0.2, 0.25) is 0 Å². The molecule has 4 rings (SSSR count). The van der Waals surface area contributed by atoms with Gasteiger partial charge in [-0.3, -0.25) is 0 Å². The quantitative estimate of drug-likeness (QED) is 0.562. The van der Waals surface area contributed by atoms with Crippen LogP contribution in [0, 0.1) is 0 Å². The number of hydrogen-bond acceptors (Lipinski definition) is 0. The van der Waals surface area contributed by atoms with E-state index in [0.717, 1.165) is 11.8 Å². The van der Waals surface area contributed by atoms with Gasteiger partial charge in [-0.05, 0) is 59.4 Å². The highest BCUT2D eigenvalue weighted by molar-refractivity contribution is 5.87. The minimum absolute atomic E-state index is 0.816. The van der Waals surface area contributed by atoms with Crippen LogP contribution in [0.2, 0.25) is 0 Å². The first-order valence-corrected chi connectivity index (χ1v) is 9.45. The Morgan fingerprint density at radius 1 is 0.591 bits per heavy atom. The zero-order chi connectivity index (χ0) is 14.8. The second-order valence-corrected chi connectivity index (χ2v) is 7.46. The molecular weight excluding hydrogens is 264 g/mol. The summed E-state index contributed by atoms with van der Waals surface area (Å²) < 4.78 is 0. The van der Waals surface area contributed by atoms with Gasteiger partial charge in [0.1, 0.15) is 0 Å². The van der Waals surface area contributed by atoms with E-state index in [1.807, 2.05) is 0 Å². The van der Waals surface area contributed by atoms with Crippen LogP contribution in [-0.4, -0.2) is 0 Å². The van der Waals surface area contributed by atoms with Gasteiger partial charge in [0.05, 0.1) is 0 Å². The van der Waals surface area contributed by atoms with Gasteiger partial charge in [0, 0.05) is 0 Å². The highest BCUT2D eigenvalue weighted by Crippen LogP contribution is 2.43. The average Bonchev–Trinajstić information content (AvgIpc) is 2.62. The van der Waals surface area contributed by atoms with E-state index in [1.54, 1.807) is 16.5 Å². The fourth-order valence-corrected chi connectivity index (χ4v) is 4.93. The first-order chi connectivity index (χ1) is 10.9. The Balaban J connectivity index is 1.83. The van der Waals surface area contributed by atoms with Crippen LogP contribution in [0.15, 0.2) is 36.4 Å². The van der Waals surface area contributed by atoms with Gasteiger partial charge < -0.3 is 0 Å². The largest absolute Gasteiger partial charge is 0.0616 e. The second-order valence-electron chi connectivity index (χ2n) is 7.46. The molecule has 0 heterocycles. The zero-order valence-corrected chi connectivity index (χ0v) is 13.7. The van der Waals surface area contributed by atoms with Crippen molar-refractivity contribution in [2.45, 2.75) is 76.0 Å². The fourth-order valence-electron chi connectivity index (χ4n) is 4.93. The van der Waals surface area contributed by atoms with E-state index in [1.165, 1.54) is 69.6 Å². The van der Waals surface area contributed by atoms with Crippen LogP contribution in [0.4, 0.5) is 0 Å². The van der Waals surface area contributed by atoms with Crippen molar-refractivity contribution in [3.05, 3.63) is 47.5 Å². The third-order valence-electron chi connectivity index (χ3n) is 6.06. The molecule has 2 aromatic carbocycles. The molecule has 0 unspecified atom stereocenters. The maximum absolute atomic E-state index is 2.49. The van der Waals surface area contributed by atoms with Crippen molar-refractivity contribution in [2.75, 3.05) is 0 Å². The minimum Gasteiger partial charge on any atom is -0.0616 e. The van der Waals surface area contributed by atoms with Gasteiger partial charge in [0.15, 0.2) is 0 Å². The van der Waals surface area contributed by atoms with Gasteiger partial charge in [-0.1, -0.05) is 74.9 Å². The lowest BCUT2D eigenvalue weighted by atomic mass is 9.74. The molecule has 0 radical (unpaired) electrons. The van der Waals surface area contributed by atoms with Crippen molar-refractivity contribution in [1.29, 1.82) is 0 Å². The summed E-state index contributed by atoms with van der Waals surface area (Å²) in [4.78, 5) is 0. The fraction of sp³-hybridized carbons (Fsp3) is 0.545. The zero-order valence-electron chi connectivity index (χ0n) is 13.7. The molecule has 0 atom stereocenters. The predicted octanol–water partition coefficient (Wildman–Crippen LogP) is 6.94. The van der Waals surface area contributed by atoms with Crippen LogP contribution in [0.1, 0.15) is 87.2 Å². The molecule has 2 aromatic rings. The molecule has 2 fully saturated rings. The summed E-state index contributed by atoms with van der Waals surface area (Å²) in [6, 6.07) is 14.0. The Bertz CT molecular complexity index is 628. The Hall–Kier alpha value is -1.30. The van der Waals surface area contributed by atoms with E-state index >= 15 is 0 Å². The van der Waals surface area contributed by atoms with Crippen molar-refractivity contribution >= 4 is 10.8 Å². The third kappa shape index (κ3) is 2.69. The summed E-state index contributed by atoms with van der Waals surface area (Å²) in [5.41, 5.74) is 3.45. The molecule has 0 aliphatic heterocycles. The van der Waals surface area contributed by atoms with E-state index < -0.39 is 0 Å². The molecule has 0 spiro atoms. The lowest BCUT2D eigenvalue weighted by Crippen LogP contribution is -2.12. The van der Waals surface area contributed by atoms with E-state index in [2.05, 4.69) is 36.4 Å². The Morgan fingerprint density at radius 3 is 1.95 bits per heavy atom. The van der Waals surface area contributed by atoms with E-state index in [4.69, 9.17) is 0 Å². The first kappa shape index (κ1) is 14.3. The molecule has 0 nitrogen and oxygen atoms in total. The van der Waals surface area contributed by atoms with Crippen LogP contribution < -0.4 is 0 Å². The Morgan fingerprint density at radius 2 is 1.23 bits per heavy atom. The molecule has 0 bridgehead atoms. The smallest absolute Gasteiger partial charge is 0.0146 e. The molecule has 0 N–H and O–H groups in total. The number of hydrogen-bond donors (Lipinski definition) is 0. The molecule has 116 valence electrons. The maximum Gasteiger partial charge on any atom is -0.0146 e. The molecule has 2 saturated carbocycles. The Labute approximate surface area is 134 Å². The molecule has 2 aliphatic rings. The summed E-state index contributed by atoms with van der Waals surface area (Å²) in [5, 5.41) is 3.00. The van der Waals surface area contributed by atoms with Crippen LogP contribution >= 0.6 is 0 Å². The Kier molecular flexibility index (Phi) is 4.19. The summed E-state index contributed by atoms with van der Waals surface area (Å²) in [5.74, 6) is 1.65. The summed E-state index contributed by atoms with van der Waals surface area (Å²) in [6.07, 6.45) is 14.3. The third-order valence-corrected chi connectivity index (χ3v) is 6.06. The van der Waals surface area contributed by atoms with Gasteiger partial charge >= 0.3 is 0 Å². The number of rotatable bonds is 2. The van der Waals surface area contributed by atoms with Crippen LogP contribution in [-0.2, 0) is 0 Å². The molecule has 2 aliphatic carbocycles. The van der Waals surface area contributed by atoms with E-state index in [-0.39, 0.29) is 0 Å². The molecule has 0 heteroatoms. The standard InChI is InChI=1S/C22H28/c1-3-9-17(10-4-1)21-16-15-18-11-7-8-14-20(18)22(21)19-12-5-2-6-13-19/h7-8,11,14-17,19H,1-6,9-10,12-13H2. The summed E-state index contributed by atoms with van der Waals surface area (Å²) >= 11 is 0. The van der Waals surface area contributed by atoms with E-state index in [9.17, 15) is 0 Å². The molecule has 22 heavy (non-hydrogen) atoms. The highest BCUT2D eigenvalue weighted by atomic mass is 14.3. The van der Waals surface area contributed by atoms with Crippen molar-refractivity contribution in [1.82, 2.24) is 0 Å². The second kappa shape index (κ2) is 6.44. The van der Waals surface area contributed by atoms with Gasteiger partial charge in [-0.2, -0.15) is 0 Å². The topological polar surface area (TPSA) is 0 Å². The van der Waals surface area contributed by atoms with Crippen LogP contribution in [0.25, 0.3) is 10.8 Å². The maximum atomic E-state index is 2.49.